The Morgan fingerprint density at radius 1 is 0.812 bits per heavy atom. The molecule has 0 spiro atoms. The third-order valence-corrected chi connectivity index (χ3v) is 6.78. The van der Waals surface area contributed by atoms with E-state index in [-0.39, 0.29) is 0 Å². The zero-order valence-electron chi connectivity index (χ0n) is 16.9. The highest BCUT2D eigenvalue weighted by Gasteiger charge is 2.20. The van der Waals surface area contributed by atoms with Gasteiger partial charge in [0.05, 0.1) is 0 Å². The Hall–Kier alpha value is -2.50. The second kappa shape index (κ2) is 12.5. The van der Waals surface area contributed by atoms with Crippen LogP contribution in [0, 0.1) is 22.9 Å². The summed E-state index contributed by atoms with van der Waals surface area (Å²) in [5.41, 5.74) is 2.13. The summed E-state index contributed by atoms with van der Waals surface area (Å²) >= 11 is 14.6. The molecule has 2 saturated heterocycles. The SMILES string of the molecule is N#C/N=C1\SCCN1Cc1ccc(Cl)nc1.N#C/N=C1\SCCN1Cc1ccc(Cl)nc1. The van der Waals surface area contributed by atoms with Crippen molar-refractivity contribution in [1.82, 2.24) is 19.8 Å². The van der Waals surface area contributed by atoms with Crippen molar-refractivity contribution in [3.05, 3.63) is 58.1 Å². The summed E-state index contributed by atoms with van der Waals surface area (Å²) in [4.78, 5) is 19.7. The molecule has 0 aromatic carbocycles. The lowest BCUT2D eigenvalue weighted by Gasteiger charge is -2.16. The monoisotopic (exact) mass is 504 g/mol. The first-order valence-corrected chi connectivity index (χ1v) is 12.2. The van der Waals surface area contributed by atoms with E-state index in [1.54, 1.807) is 48.1 Å². The van der Waals surface area contributed by atoms with E-state index >= 15 is 0 Å². The Bertz CT molecular complexity index is 960. The van der Waals surface area contributed by atoms with Crippen molar-refractivity contribution in [2.45, 2.75) is 13.1 Å². The van der Waals surface area contributed by atoms with Gasteiger partial charge in [0.15, 0.2) is 10.3 Å². The second-order valence-electron chi connectivity index (χ2n) is 6.51. The molecule has 12 heteroatoms. The summed E-state index contributed by atoms with van der Waals surface area (Å²) in [5.74, 6) is 1.95. The van der Waals surface area contributed by atoms with Gasteiger partial charge in [-0.25, -0.2) is 9.97 Å². The molecule has 2 aliphatic rings. The van der Waals surface area contributed by atoms with Crippen LogP contribution in [0.5, 0.6) is 0 Å². The van der Waals surface area contributed by atoms with Crippen LogP contribution < -0.4 is 0 Å². The highest BCUT2D eigenvalue weighted by molar-refractivity contribution is 8.14. The van der Waals surface area contributed by atoms with Gasteiger partial charge in [-0.1, -0.05) is 58.9 Å². The third-order valence-electron chi connectivity index (χ3n) is 4.34. The first-order chi connectivity index (χ1) is 15.6. The topological polar surface area (TPSA) is 105 Å². The predicted octanol–water partition coefficient (Wildman–Crippen LogP) is 4.24. The average molecular weight is 505 g/mol. The molecule has 0 N–H and O–H groups in total. The van der Waals surface area contributed by atoms with Crippen molar-refractivity contribution in [3.63, 3.8) is 0 Å². The van der Waals surface area contributed by atoms with Crippen LogP contribution in [-0.2, 0) is 13.1 Å². The number of thioether (sulfide) groups is 2. The van der Waals surface area contributed by atoms with Crippen LogP contribution in [-0.4, -0.2) is 54.7 Å². The summed E-state index contributed by atoms with van der Waals surface area (Å²) in [6.07, 6.45) is 7.14. The Kier molecular flexibility index (Phi) is 9.44. The normalized spacial score (nSPS) is 17.8. The molecule has 0 atom stereocenters. The van der Waals surface area contributed by atoms with Crippen molar-refractivity contribution in [3.8, 4) is 12.4 Å². The molecule has 0 aliphatic carbocycles. The molecule has 2 aromatic rings. The second-order valence-corrected chi connectivity index (χ2v) is 9.41. The van der Waals surface area contributed by atoms with Crippen molar-refractivity contribution in [2.75, 3.05) is 24.6 Å². The van der Waals surface area contributed by atoms with Gasteiger partial charge in [-0.2, -0.15) is 10.5 Å². The summed E-state index contributed by atoms with van der Waals surface area (Å²) in [6.45, 7) is 3.26. The Balaban J connectivity index is 0.000000181. The zero-order valence-corrected chi connectivity index (χ0v) is 20.0. The molecule has 32 heavy (non-hydrogen) atoms. The minimum Gasteiger partial charge on any atom is -0.345 e. The molecule has 164 valence electrons. The predicted molar refractivity (Wildman–Crippen MR) is 130 cm³/mol. The molecule has 2 aromatic heterocycles. The first kappa shape index (κ1) is 24.1. The van der Waals surface area contributed by atoms with Crippen LogP contribution in [0.3, 0.4) is 0 Å². The van der Waals surface area contributed by atoms with Crippen molar-refractivity contribution in [2.24, 2.45) is 9.98 Å². The van der Waals surface area contributed by atoms with Gasteiger partial charge in [0.2, 0.25) is 12.4 Å². The molecule has 0 radical (unpaired) electrons. The number of aliphatic imine (C=N–C) groups is 2. The van der Waals surface area contributed by atoms with Crippen LogP contribution in [0.2, 0.25) is 10.3 Å². The fourth-order valence-corrected chi connectivity index (χ4v) is 4.99. The van der Waals surface area contributed by atoms with E-state index in [0.717, 1.165) is 59.1 Å². The van der Waals surface area contributed by atoms with Crippen molar-refractivity contribution >= 4 is 57.1 Å². The Morgan fingerprint density at radius 2 is 1.25 bits per heavy atom. The molecule has 0 unspecified atom stereocenters. The minimum atomic E-state index is 0.491. The summed E-state index contributed by atoms with van der Waals surface area (Å²) in [6, 6.07) is 7.40. The van der Waals surface area contributed by atoms with Gasteiger partial charge in [0.25, 0.3) is 0 Å². The number of aromatic nitrogens is 2. The van der Waals surface area contributed by atoms with E-state index in [1.165, 1.54) is 0 Å². The minimum absolute atomic E-state index is 0.491. The van der Waals surface area contributed by atoms with Gasteiger partial charge in [-0.3, -0.25) is 0 Å². The highest BCUT2D eigenvalue weighted by atomic mass is 35.5. The van der Waals surface area contributed by atoms with Gasteiger partial charge in [0.1, 0.15) is 10.3 Å². The van der Waals surface area contributed by atoms with Crippen LogP contribution in [0.25, 0.3) is 0 Å². The third kappa shape index (κ3) is 7.28. The van der Waals surface area contributed by atoms with E-state index in [2.05, 4.69) is 29.8 Å². The molecule has 0 amide bonds. The number of rotatable bonds is 4. The molecule has 4 rings (SSSR count). The van der Waals surface area contributed by atoms with Gasteiger partial charge >= 0.3 is 0 Å². The standard InChI is InChI=1S/2C10H9ClN4S/c2*11-9-2-1-8(5-13-9)6-15-3-4-16-10(15)14-7-12/h2*1-2,5H,3-4,6H2/b2*14-10-. The number of nitrogens with zero attached hydrogens (tertiary/aromatic N) is 8. The van der Waals surface area contributed by atoms with Gasteiger partial charge in [0, 0.05) is 50.1 Å². The molecular weight excluding hydrogens is 487 g/mol. The molecule has 8 nitrogen and oxygen atoms in total. The largest absolute Gasteiger partial charge is 0.345 e. The van der Waals surface area contributed by atoms with Gasteiger partial charge in [-0.05, 0) is 23.3 Å². The van der Waals surface area contributed by atoms with E-state index in [4.69, 9.17) is 33.7 Å². The molecule has 0 bridgehead atoms. The van der Waals surface area contributed by atoms with E-state index in [0.29, 0.717) is 10.3 Å². The Morgan fingerprint density at radius 3 is 1.59 bits per heavy atom. The molecular formula is C20H18Cl2N8S2. The van der Waals surface area contributed by atoms with Crippen LogP contribution in [0.15, 0.2) is 46.6 Å². The maximum absolute atomic E-state index is 8.54. The maximum atomic E-state index is 8.54. The van der Waals surface area contributed by atoms with E-state index in [1.807, 2.05) is 24.5 Å². The number of hydrogen-bond acceptors (Lipinski definition) is 8. The van der Waals surface area contributed by atoms with E-state index in [9.17, 15) is 0 Å². The van der Waals surface area contributed by atoms with Crippen LogP contribution in [0.1, 0.15) is 11.1 Å². The maximum Gasteiger partial charge on any atom is 0.208 e. The summed E-state index contributed by atoms with van der Waals surface area (Å²) in [7, 11) is 0. The summed E-state index contributed by atoms with van der Waals surface area (Å²) < 4.78 is 0. The Labute approximate surface area is 205 Å². The molecule has 2 aliphatic heterocycles. The number of amidine groups is 2. The lowest BCUT2D eigenvalue weighted by atomic mass is 10.3. The van der Waals surface area contributed by atoms with Gasteiger partial charge in [-0.15, -0.1) is 9.98 Å². The quantitative estimate of drug-likeness (QED) is 0.449. The highest BCUT2D eigenvalue weighted by Crippen LogP contribution is 2.21. The summed E-state index contributed by atoms with van der Waals surface area (Å²) in [5, 5.41) is 19.6. The smallest absolute Gasteiger partial charge is 0.208 e. The number of nitriles is 2. The number of pyridine rings is 2. The number of hydrogen-bond donors (Lipinski definition) is 0. The fourth-order valence-electron chi connectivity index (χ4n) is 2.89. The fraction of sp³-hybridized carbons (Fsp3) is 0.300. The zero-order chi connectivity index (χ0) is 22.8. The van der Waals surface area contributed by atoms with Gasteiger partial charge < -0.3 is 9.80 Å². The molecule has 0 saturated carbocycles. The molecule has 2 fully saturated rings. The number of halogens is 2. The van der Waals surface area contributed by atoms with Crippen LogP contribution in [0.4, 0.5) is 0 Å². The molecule has 4 heterocycles. The van der Waals surface area contributed by atoms with Crippen LogP contribution >= 0.6 is 46.7 Å². The lowest BCUT2D eigenvalue weighted by Crippen LogP contribution is -2.23. The first-order valence-electron chi connectivity index (χ1n) is 9.49. The lowest BCUT2D eigenvalue weighted by molar-refractivity contribution is 0.456. The average Bonchev–Trinajstić information content (AvgIpc) is 3.42. The van der Waals surface area contributed by atoms with Crippen molar-refractivity contribution < 1.29 is 0 Å². The van der Waals surface area contributed by atoms with E-state index < -0.39 is 0 Å². The van der Waals surface area contributed by atoms with Crippen molar-refractivity contribution in [1.29, 1.82) is 10.5 Å².